The summed E-state index contributed by atoms with van der Waals surface area (Å²) in [7, 11) is 0. The Morgan fingerprint density at radius 2 is 2.14 bits per heavy atom. The Labute approximate surface area is 89.5 Å². The van der Waals surface area contributed by atoms with Gasteiger partial charge in [0, 0.05) is 6.20 Å². The van der Waals surface area contributed by atoms with Crippen molar-refractivity contribution in [3.05, 3.63) is 29.0 Å². The standard InChI is InChI=1S/C12H14ClN/c13-12-4-3-10(7-14-12)11-6-8-1-2-9(11)5-8/h3-4,7-9,11H,1-2,5-6H2. The molecule has 2 aliphatic rings. The van der Waals surface area contributed by atoms with E-state index in [9.17, 15) is 0 Å². The van der Waals surface area contributed by atoms with E-state index in [1.807, 2.05) is 12.3 Å². The third-order valence-corrected chi connectivity index (χ3v) is 4.14. The van der Waals surface area contributed by atoms with Crippen LogP contribution in [0.3, 0.4) is 0 Å². The summed E-state index contributed by atoms with van der Waals surface area (Å²) in [5.74, 6) is 2.71. The minimum Gasteiger partial charge on any atom is -0.244 e. The Morgan fingerprint density at radius 3 is 2.71 bits per heavy atom. The lowest BCUT2D eigenvalue weighted by molar-refractivity contribution is 0.419. The molecule has 3 rings (SSSR count). The zero-order chi connectivity index (χ0) is 9.54. The largest absolute Gasteiger partial charge is 0.244 e. The molecule has 0 aliphatic heterocycles. The van der Waals surface area contributed by atoms with Crippen molar-refractivity contribution in [1.82, 2.24) is 4.98 Å². The second-order valence-corrected chi connectivity index (χ2v) is 5.08. The molecule has 14 heavy (non-hydrogen) atoms. The average Bonchev–Trinajstić information content (AvgIpc) is 2.80. The summed E-state index contributed by atoms with van der Waals surface area (Å²) in [6.45, 7) is 0. The SMILES string of the molecule is Clc1ccc(C2CC3CCC2C3)cn1. The van der Waals surface area contributed by atoms with Crippen LogP contribution in [0.25, 0.3) is 0 Å². The molecule has 3 atom stereocenters. The van der Waals surface area contributed by atoms with E-state index in [4.69, 9.17) is 11.6 Å². The molecular weight excluding hydrogens is 194 g/mol. The Bertz CT molecular complexity index is 333. The first-order chi connectivity index (χ1) is 6.83. The summed E-state index contributed by atoms with van der Waals surface area (Å²) in [6, 6.07) is 4.07. The van der Waals surface area contributed by atoms with Crippen LogP contribution in [0.2, 0.25) is 5.15 Å². The molecule has 0 saturated heterocycles. The summed E-state index contributed by atoms with van der Waals surface area (Å²) in [5, 5.41) is 0.608. The molecule has 2 fully saturated rings. The molecule has 2 aliphatic carbocycles. The van der Waals surface area contributed by atoms with Crippen molar-refractivity contribution in [2.75, 3.05) is 0 Å². The quantitative estimate of drug-likeness (QED) is 0.641. The molecule has 2 heteroatoms. The summed E-state index contributed by atoms with van der Waals surface area (Å²) in [4.78, 5) is 4.17. The number of pyridine rings is 1. The van der Waals surface area contributed by atoms with E-state index >= 15 is 0 Å². The van der Waals surface area contributed by atoms with Gasteiger partial charge in [0.05, 0.1) is 0 Å². The minimum atomic E-state index is 0.608. The van der Waals surface area contributed by atoms with Crippen LogP contribution in [0.1, 0.15) is 37.2 Å². The highest BCUT2D eigenvalue weighted by molar-refractivity contribution is 6.29. The molecule has 1 aromatic heterocycles. The molecule has 0 N–H and O–H groups in total. The molecule has 0 radical (unpaired) electrons. The molecule has 1 aromatic rings. The number of halogens is 1. The fraction of sp³-hybridized carbons (Fsp3) is 0.583. The van der Waals surface area contributed by atoms with Gasteiger partial charge in [-0.1, -0.05) is 24.1 Å². The van der Waals surface area contributed by atoms with Crippen molar-refractivity contribution in [3.8, 4) is 0 Å². The molecule has 0 amide bonds. The lowest BCUT2D eigenvalue weighted by Gasteiger charge is -2.21. The number of aromatic nitrogens is 1. The predicted octanol–water partition coefficient (Wildman–Crippen LogP) is 3.64. The van der Waals surface area contributed by atoms with Gasteiger partial charge in [0.1, 0.15) is 5.15 Å². The van der Waals surface area contributed by atoms with Gasteiger partial charge in [-0.3, -0.25) is 0 Å². The summed E-state index contributed by atoms with van der Waals surface area (Å²) in [6.07, 6.45) is 7.69. The van der Waals surface area contributed by atoms with Gasteiger partial charge >= 0.3 is 0 Å². The van der Waals surface area contributed by atoms with Crippen LogP contribution in [0.5, 0.6) is 0 Å². The van der Waals surface area contributed by atoms with Gasteiger partial charge in [-0.25, -0.2) is 4.98 Å². The Hall–Kier alpha value is -0.560. The molecule has 0 aromatic carbocycles. The van der Waals surface area contributed by atoms with Crippen LogP contribution < -0.4 is 0 Å². The second kappa shape index (κ2) is 3.23. The van der Waals surface area contributed by atoms with Crippen LogP contribution in [0.4, 0.5) is 0 Å². The molecule has 2 bridgehead atoms. The van der Waals surface area contributed by atoms with Gasteiger partial charge in [0.15, 0.2) is 0 Å². The lowest BCUT2D eigenvalue weighted by Crippen LogP contribution is -2.08. The first-order valence-corrected chi connectivity index (χ1v) is 5.82. The maximum absolute atomic E-state index is 5.79. The minimum absolute atomic E-state index is 0.608. The first-order valence-electron chi connectivity index (χ1n) is 5.44. The van der Waals surface area contributed by atoms with Gasteiger partial charge in [0.2, 0.25) is 0 Å². The van der Waals surface area contributed by atoms with E-state index in [-0.39, 0.29) is 0 Å². The summed E-state index contributed by atoms with van der Waals surface area (Å²) < 4.78 is 0. The van der Waals surface area contributed by atoms with Crippen LogP contribution in [-0.2, 0) is 0 Å². The Morgan fingerprint density at radius 1 is 1.21 bits per heavy atom. The number of fused-ring (bicyclic) bond motifs is 2. The van der Waals surface area contributed by atoms with Gasteiger partial charge in [-0.15, -0.1) is 0 Å². The Balaban J connectivity index is 1.86. The maximum atomic E-state index is 5.79. The van der Waals surface area contributed by atoms with Crippen LogP contribution in [-0.4, -0.2) is 4.98 Å². The highest BCUT2D eigenvalue weighted by Gasteiger charge is 2.40. The topological polar surface area (TPSA) is 12.9 Å². The molecule has 2 saturated carbocycles. The molecule has 1 heterocycles. The monoisotopic (exact) mass is 207 g/mol. The van der Waals surface area contributed by atoms with Crippen molar-refractivity contribution < 1.29 is 0 Å². The van der Waals surface area contributed by atoms with Crippen molar-refractivity contribution in [2.24, 2.45) is 11.8 Å². The lowest BCUT2D eigenvalue weighted by atomic mass is 9.84. The third-order valence-electron chi connectivity index (χ3n) is 3.92. The van der Waals surface area contributed by atoms with Gasteiger partial charge in [0.25, 0.3) is 0 Å². The number of nitrogens with zero attached hydrogens (tertiary/aromatic N) is 1. The number of hydrogen-bond donors (Lipinski definition) is 0. The maximum Gasteiger partial charge on any atom is 0.129 e. The zero-order valence-electron chi connectivity index (χ0n) is 8.12. The van der Waals surface area contributed by atoms with Crippen molar-refractivity contribution >= 4 is 11.6 Å². The average molecular weight is 208 g/mol. The van der Waals surface area contributed by atoms with Crippen molar-refractivity contribution in [2.45, 2.75) is 31.6 Å². The van der Waals surface area contributed by atoms with Crippen LogP contribution in [0.15, 0.2) is 18.3 Å². The first kappa shape index (κ1) is 8.72. The van der Waals surface area contributed by atoms with E-state index in [2.05, 4.69) is 11.1 Å². The third kappa shape index (κ3) is 1.35. The molecular formula is C12H14ClN. The van der Waals surface area contributed by atoms with Crippen LogP contribution in [0, 0.1) is 11.8 Å². The van der Waals surface area contributed by atoms with E-state index < -0.39 is 0 Å². The van der Waals surface area contributed by atoms with E-state index in [0.717, 1.165) is 17.8 Å². The fourth-order valence-corrected chi connectivity index (χ4v) is 3.37. The van der Waals surface area contributed by atoms with Crippen molar-refractivity contribution in [3.63, 3.8) is 0 Å². The smallest absolute Gasteiger partial charge is 0.129 e. The highest BCUT2D eigenvalue weighted by Crippen LogP contribution is 2.52. The van der Waals surface area contributed by atoms with Gasteiger partial charge in [-0.05, 0) is 48.6 Å². The van der Waals surface area contributed by atoms with Gasteiger partial charge in [-0.2, -0.15) is 0 Å². The van der Waals surface area contributed by atoms with Crippen LogP contribution >= 0.6 is 11.6 Å². The second-order valence-electron chi connectivity index (χ2n) is 4.70. The number of hydrogen-bond acceptors (Lipinski definition) is 1. The van der Waals surface area contributed by atoms with Gasteiger partial charge < -0.3 is 0 Å². The summed E-state index contributed by atoms with van der Waals surface area (Å²) in [5.41, 5.74) is 1.40. The van der Waals surface area contributed by atoms with E-state index in [1.165, 1.54) is 31.2 Å². The Kier molecular flexibility index (Phi) is 2.01. The molecule has 0 spiro atoms. The summed E-state index contributed by atoms with van der Waals surface area (Å²) >= 11 is 5.79. The number of rotatable bonds is 1. The predicted molar refractivity (Wildman–Crippen MR) is 57.4 cm³/mol. The molecule has 74 valence electrons. The molecule has 1 nitrogen and oxygen atoms in total. The van der Waals surface area contributed by atoms with Crippen molar-refractivity contribution in [1.29, 1.82) is 0 Å². The zero-order valence-corrected chi connectivity index (χ0v) is 8.87. The molecule has 3 unspecified atom stereocenters. The fourth-order valence-electron chi connectivity index (χ4n) is 3.26. The van der Waals surface area contributed by atoms with E-state index in [0.29, 0.717) is 5.15 Å². The van der Waals surface area contributed by atoms with E-state index in [1.54, 1.807) is 0 Å². The highest BCUT2D eigenvalue weighted by atomic mass is 35.5. The normalized spacial score (nSPS) is 35.1.